The molecule has 0 saturated carbocycles. The molecule has 2 rings (SSSR count). The summed E-state index contributed by atoms with van der Waals surface area (Å²) >= 11 is 0. The number of ether oxygens (including phenoxy) is 1. The Balaban J connectivity index is 2.11. The molecule has 1 heterocycles. The van der Waals surface area contributed by atoms with Gasteiger partial charge in [-0.15, -0.1) is 0 Å². The van der Waals surface area contributed by atoms with Gasteiger partial charge < -0.3 is 10.1 Å². The molecule has 1 aromatic heterocycles. The van der Waals surface area contributed by atoms with Gasteiger partial charge in [0.25, 0.3) is 0 Å². The first-order chi connectivity index (χ1) is 10.2. The van der Waals surface area contributed by atoms with Gasteiger partial charge in [0, 0.05) is 18.3 Å². The molecule has 2 aromatic rings. The predicted molar refractivity (Wildman–Crippen MR) is 86.9 cm³/mol. The maximum atomic E-state index is 5.91. The van der Waals surface area contributed by atoms with Crippen molar-refractivity contribution >= 4 is 0 Å². The molecule has 0 radical (unpaired) electrons. The van der Waals surface area contributed by atoms with E-state index in [1.165, 1.54) is 11.1 Å². The van der Waals surface area contributed by atoms with Crippen LogP contribution in [-0.2, 0) is 13.0 Å². The molecule has 0 aliphatic rings. The minimum Gasteiger partial charge on any atom is -0.439 e. The first-order valence-electron chi connectivity index (χ1n) is 7.66. The van der Waals surface area contributed by atoms with Crippen molar-refractivity contribution in [1.29, 1.82) is 0 Å². The van der Waals surface area contributed by atoms with Crippen molar-refractivity contribution in [2.24, 2.45) is 0 Å². The van der Waals surface area contributed by atoms with E-state index in [-0.39, 0.29) is 0 Å². The molecular weight excluding hydrogens is 260 g/mol. The lowest BCUT2D eigenvalue weighted by Crippen LogP contribution is -2.14. The zero-order valence-corrected chi connectivity index (χ0v) is 13.1. The third-order valence-electron chi connectivity index (χ3n) is 3.27. The molecule has 112 valence electrons. The summed E-state index contributed by atoms with van der Waals surface area (Å²) in [5.41, 5.74) is 3.45. The van der Waals surface area contributed by atoms with Gasteiger partial charge in [-0.3, -0.25) is 0 Å². The second-order valence-electron chi connectivity index (χ2n) is 5.23. The topological polar surface area (TPSA) is 34.2 Å². The maximum Gasteiger partial charge on any atom is 0.219 e. The highest BCUT2D eigenvalue weighted by Gasteiger charge is 2.03. The van der Waals surface area contributed by atoms with E-state index in [9.17, 15) is 0 Å². The third-order valence-corrected chi connectivity index (χ3v) is 3.27. The van der Waals surface area contributed by atoms with E-state index in [2.05, 4.69) is 42.3 Å². The van der Waals surface area contributed by atoms with E-state index in [1.807, 2.05) is 25.1 Å². The number of aryl methyl sites for hydroxylation is 2. The summed E-state index contributed by atoms with van der Waals surface area (Å²) in [6, 6.07) is 12.3. The second-order valence-corrected chi connectivity index (χ2v) is 5.23. The zero-order chi connectivity index (χ0) is 15.1. The molecule has 3 nitrogen and oxygen atoms in total. The van der Waals surface area contributed by atoms with Gasteiger partial charge in [0.15, 0.2) is 0 Å². The molecule has 0 unspecified atom stereocenters. The summed E-state index contributed by atoms with van der Waals surface area (Å²) in [6.45, 7) is 8.18. The Hall–Kier alpha value is -1.87. The maximum absolute atomic E-state index is 5.91. The van der Waals surface area contributed by atoms with Gasteiger partial charge in [-0.25, -0.2) is 4.98 Å². The van der Waals surface area contributed by atoms with Gasteiger partial charge in [-0.05, 0) is 55.6 Å². The summed E-state index contributed by atoms with van der Waals surface area (Å²) in [7, 11) is 0. The summed E-state index contributed by atoms with van der Waals surface area (Å²) in [5, 5.41) is 3.40. The van der Waals surface area contributed by atoms with E-state index in [0.29, 0.717) is 5.88 Å². The molecule has 1 N–H and O–H groups in total. The molecule has 0 fully saturated rings. The fraction of sp³-hybridized carbons (Fsp3) is 0.389. The molecule has 0 aliphatic heterocycles. The van der Waals surface area contributed by atoms with Crippen LogP contribution in [0.2, 0.25) is 0 Å². The number of aromatic nitrogens is 1. The molecule has 21 heavy (non-hydrogen) atoms. The highest BCUT2D eigenvalue weighted by atomic mass is 16.5. The van der Waals surface area contributed by atoms with Crippen molar-refractivity contribution < 1.29 is 4.74 Å². The monoisotopic (exact) mass is 284 g/mol. The Morgan fingerprint density at radius 1 is 1.10 bits per heavy atom. The second kappa shape index (κ2) is 7.79. The smallest absolute Gasteiger partial charge is 0.219 e. The van der Waals surface area contributed by atoms with Gasteiger partial charge in [-0.1, -0.05) is 26.0 Å². The van der Waals surface area contributed by atoms with Crippen LogP contribution in [0, 0.1) is 6.92 Å². The molecule has 0 spiro atoms. The van der Waals surface area contributed by atoms with E-state index < -0.39 is 0 Å². The van der Waals surface area contributed by atoms with Crippen LogP contribution in [0.1, 0.15) is 37.1 Å². The Morgan fingerprint density at radius 2 is 1.95 bits per heavy atom. The van der Waals surface area contributed by atoms with Crippen LogP contribution in [-0.4, -0.2) is 11.5 Å². The summed E-state index contributed by atoms with van der Waals surface area (Å²) in [5.74, 6) is 1.51. The van der Waals surface area contributed by atoms with Gasteiger partial charge in [0.1, 0.15) is 5.75 Å². The lowest BCUT2D eigenvalue weighted by Gasteiger charge is -2.10. The number of hydrogen-bond donors (Lipinski definition) is 1. The fourth-order valence-electron chi connectivity index (χ4n) is 2.22. The predicted octanol–water partition coefficient (Wildman–Crippen LogP) is 4.24. The lowest BCUT2D eigenvalue weighted by atomic mass is 10.2. The normalized spacial score (nSPS) is 10.6. The minimum absolute atomic E-state index is 0.663. The minimum atomic E-state index is 0.663. The number of rotatable bonds is 7. The van der Waals surface area contributed by atoms with Crippen LogP contribution < -0.4 is 10.1 Å². The Labute approximate surface area is 127 Å². The average molecular weight is 284 g/mol. The van der Waals surface area contributed by atoms with Gasteiger partial charge in [-0.2, -0.15) is 0 Å². The van der Waals surface area contributed by atoms with Crippen LogP contribution in [0.3, 0.4) is 0 Å². The van der Waals surface area contributed by atoms with Gasteiger partial charge in [0.2, 0.25) is 5.88 Å². The first kappa shape index (κ1) is 15.5. The van der Waals surface area contributed by atoms with E-state index >= 15 is 0 Å². The number of nitrogens with one attached hydrogen (secondary N) is 1. The lowest BCUT2D eigenvalue weighted by molar-refractivity contribution is 0.460. The van der Waals surface area contributed by atoms with Crippen molar-refractivity contribution in [1.82, 2.24) is 10.3 Å². The van der Waals surface area contributed by atoms with Crippen molar-refractivity contribution in [2.45, 2.75) is 40.2 Å². The molecule has 0 amide bonds. The van der Waals surface area contributed by atoms with Crippen molar-refractivity contribution in [3.8, 4) is 11.6 Å². The standard InChI is InChI=1S/C18H24N2O/c1-4-9-19-13-16-10-14(3)20-18(12-16)21-17-8-6-7-15(5-2)11-17/h6-8,10-12,19H,4-5,9,13H2,1-3H3. The summed E-state index contributed by atoms with van der Waals surface area (Å²) in [4.78, 5) is 4.46. The molecule has 0 atom stereocenters. The van der Waals surface area contributed by atoms with Crippen LogP contribution in [0.15, 0.2) is 36.4 Å². The zero-order valence-electron chi connectivity index (χ0n) is 13.1. The van der Waals surface area contributed by atoms with Crippen molar-refractivity contribution in [2.75, 3.05) is 6.54 Å². The Morgan fingerprint density at radius 3 is 2.71 bits per heavy atom. The Bertz CT molecular complexity index is 581. The molecule has 0 aliphatic carbocycles. The largest absolute Gasteiger partial charge is 0.439 e. The molecule has 1 aromatic carbocycles. The molecule has 0 saturated heterocycles. The van der Waals surface area contributed by atoms with Gasteiger partial charge >= 0.3 is 0 Å². The molecular formula is C18H24N2O. The fourth-order valence-corrected chi connectivity index (χ4v) is 2.22. The van der Waals surface area contributed by atoms with Crippen LogP contribution >= 0.6 is 0 Å². The Kier molecular flexibility index (Phi) is 5.76. The van der Waals surface area contributed by atoms with Crippen molar-refractivity contribution in [3.63, 3.8) is 0 Å². The average Bonchev–Trinajstić information content (AvgIpc) is 2.47. The molecule has 0 bridgehead atoms. The van der Waals surface area contributed by atoms with Crippen LogP contribution in [0.5, 0.6) is 11.6 Å². The number of nitrogens with zero attached hydrogens (tertiary/aromatic N) is 1. The number of hydrogen-bond acceptors (Lipinski definition) is 3. The molecule has 3 heteroatoms. The summed E-state index contributed by atoms with van der Waals surface area (Å²) in [6.07, 6.45) is 2.14. The van der Waals surface area contributed by atoms with Crippen LogP contribution in [0.25, 0.3) is 0 Å². The third kappa shape index (κ3) is 4.87. The van der Waals surface area contributed by atoms with E-state index in [0.717, 1.165) is 37.4 Å². The van der Waals surface area contributed by atoms with Crippen molar-refractivity contribution in [3.05, 3.63) is 53.2 Å². The highest BCUT2D eigenvalue weighted by Crippen LogP contribution is 2.22. The van der Waals surface area contributed by atoms with E-state index in [1.54, 1.807) is 0 Å². The quantitative estimate of drug-likeness (QED) is 0.772. The highest BCUT2D eigenvalue weighted by molar-refractivity contribution is 5.33. The van der Waals surface area contributed by atoms with Crippen LogP contribution in [0.4, 0.5) is 0 Å². The number of pyridine rings is 1. The van der Waals surface area contributed by atoms with Gasteiger partial charge in [0.05, 0.1) is 0 Å². The SMILES string of the molecule is CCCNCc1cc(C)nc(Oc2cccc(CC)c2)c1. The van der Waals surface area contributed by atoms with E-state index in [4.69, 9.17) is 4.74 Å². The summed E-state index contributed by atoms with van der Waals surface area (Å²) < 4.78 is 5.91. The number of benzene rings is 1. The first-order valence-corrected chi connectivity index (χ1v) is 7.66.